The molecule has 0 saturated heterocycles. The van der Waals surface area contributed by atoms with E-state index >= 15 is 0 Å². The molecule has 2 rings (SSSR count). The second kappa shape index (κ2) is 5.32. The number of nitrogens with zero attached hydrogens (tertiary/aromatic N) is 1. The first-order valence-electron chi connectivity index (χ1n) is 5.95. The lowest BCUT2D eigenvalue weighted by Gasteiger charge is -2.01. The van der Waals surface area contributed by atoms with E-state index < -0.39 is 0 Å². The molecule has 0 fully saturated rings. The van der Waals surface area contributed by atoms with Gasteiger partial charge in [-0.2, -0.15) is 0 Å². The molecule has 0 saturated carbocycles. The van der Waals surface area contributed by atoms with Gasteiger partial charge in [-0.1, -0.05) is 26.0 Å². The van der Waals surface area contributed by atoms with Crippen molar-refractivity contribution in [2.75, 3.05) is 5.73 Å². The van der Waals surface area contributed by atoms with Crippen LogP contribution in [0.2, 0.25) is 0 Å². The van der Waals surface area contributed by atoms with Crippen LogP contribution in [0.1, 0.15) is 25.3 Å². The highest BCUT2D eigenvalue weighted by molar-refractivity contribution is 7.09. The summed E-state index contributed by atoms with van der Waals surface area (Å²) >= 11 is 1.74. The highest BCUT2D eigenvalue weighted by Crippen LogP contribution is 2.24. The van der Waals surface area contributed by atoms with Crippen molar-refractivity contribution < 1.29 is 0 Å². The number of thiazole rings is 1. The first kappa shape index (κ1) is 12.1. The summed E-state index contributed by atoms with van der Waals surface area (Å²) in [5.74, 6) is 0.731. The summed E-state index contributed by atoms with van der Waals surface area (Å²) in [6.45, 7) is 4.48. The van der Waals surface area contributed by atoms with Crippen molar-refractivity contribution in [3.8, 4) is 11.3 Å². The van der Waals surface area contributed by atoms with Gasteiger partial charge in [0.15, 0.2) is 0 Å². The van der Waals surface area contributed by atoms with E-state index in [0.717, 1.165) is 29.3 Å². The molecule has 0 radical (unpaired) electrons. The van der Waals surface area contributed by atoms with Crippen LogP contribution in [0.25, 0.3) is 11.3 Å². The number of benzene rings is 1. The fraction of sp³-hybridized carbons (Fsp3) is 0.357. The van der Waals surface area contributed by atoms with Gasteiger partial charge < -0.3 is 5.73 Å². The number of nitrogen functional groups attached to an aromatic ring is 1. The van der Waals surface area contributed by atoms with E-state index in [1.54, 1.807) is 11.3 Å². The fourth-order valence-corrected chi connectivity index (χ4v) is 2.49. The lowest BCUT2D eigenvalue weighted by atomic mass is 10.1. The molecular weight excluding hydrogens is 228 g/mol. The summed E-state index contributed by atoms with van der Waals surface area (Å²) in [5.41, 5.74) is 8.72. The molecule has 0 atom stereocenters. The van der Waals surface area contributed by atoms with Gasteiger partial charge in [0, 0.05) is 16.6 Å². The number of rotatable bonds is 4. The van der Waals surface area contributed by atoms with Gasteiger partial charge in [-0.3, -0.25) is 0 Å². The van der Waals surface area contributed by atoms with Gasteiger partial charge in [-0.15, -0.1) is 11.3 Å². The Labute approximate surface area is 107 Å². The van der Waals surface area contributed by atoms with Crippen LogP contribution in [0.5, 0.6) is 0 Å². The lowest BCUT2D eigenvalue weighted by molar-refractivity contribution is 0.586. The van der Waals surface area contributed by atoms with Crippen LogP contribution in [0.15, 0.2) is 29.6 Å². The Balaban J connectivity index is 2.12. The normalized spacial score (nSPS) is 11.0. The molecule has 17 heavy (non-hydrogen) atoms. The third-order valence-electron chi connectivity index (χ3n) is 2.67. The molecule has 0 aliphatic carbocycles. The first-order chi connectivity index (χ1) is 8.15. The zero-order valence-corrected chi connectivity index (χ0v) is 11.1. The Morgan fingerprint density at radius 3 is 2.88 bits per heavy atom. The number of nitrogens with two attached hydrogens (primary N) is 1. The molecular formula is C14H18N2S. The molecule has 1 heterocycles. The van der Waals surface area contributed by atoms with Crippen LogP contribution in [0.4, 0.5) is 5.69 Å². The van der Waals surface area contributed by atoms with Gasteiger partial charge in [0.05, 0.1) is 10.7 Å². The van der Waals surface area contributed by atoms with Crippen LogP contribution in [-0.4, -0.2) is 4.98 Å². The second-order valence-electron chi connectivity index (χ2n) is 4.68. The van der Waals surface area contributed by atoms with Crippen LogP contribution in [-0.2, 0) is 6.42 Å². The quantitative estimate of drug-likeness (QED) is 0.829. The Morgan fingerprint density at radius 1 is 1.35 bits per heavy atom. The third-order valence-corrected chi connectivity index (χ3v) is 3.58. The third kappa shape index (κ3) is 3.30. The highest BCUT2D eigenvalue weighted by Gasteiger charge is 2.05. The van der Waals surface area contributed by atoms with Gasteiger partial charge in [0.25, 0.3) is 0 Å². The Hall–Kier alpha value is -1.35. The fourth-order valence-electron chi connectivity index (χ4n) is 1.67. The lowest BCUT2D eigenvalue weighted by Crippen LogP contribution is -1.91. The highest BCUT2D eigenvalue weighted by atomic mass is 32.1. The summed E-state index contributed by atoms with van der Waals surface area (Å²) in [5, 5.41) is 3.33. The molecule has 2 N–H and O–H groups in total. The number of anilines is 1. The summed E-state index contributed by atoms with van der Waals surface area (Å²) in [6.07, 6.45) is 2.27. The van der Waals surface area contributed by atoms with E-state index in [4.69, 9.17) is 5.73 Å². The molecule has 0 aliphatic rings. The van der Waals surface area contributed by atoms with Crippen LogP contribution in [0.3, 0.4) is 0 Å². The molecule has 1 aromatic carbocycles. The second-order valence-corrected chi connectivity index (χ2v) is 5.63. The van der Waals surface area contributed by atoms with E-state index in [2.05, 4.69) is 30.3 Å². The van der Waals surface area contributed by atoms with Crippen molar-refractivity contribution >= 4 is 17.0 Å². The Morgan fingerprint density at radius 2 is 2.18 bits per heavy atom. The van der Waals surface area contributed by atoms with E-state index in [1.807, 2.05) is 18.2 Å². The number of hydrogen-bond acceptors (Lipinski definition) is 3. The monoisotopic (exact) mass is 246 g/mol. The summed E-state index contributed by atoms with van der Waals surface area (Å²) in [4.78, 5) is 4.66. The Kier molecular flexibility index (Phi) is 3.79. The van der Waals surface area contributed by atoms with Crippen molar-refractivity contribution in [3.63, 3.8) is 0 Å². The minimum atomic E-state index is 0.731. The average molecular weight is 246 g/mol. The van der Waals surface area contributed by atoms with Crippen molar-refractivity contribution in [1.29, 1.82) is 0 Å². The maximum Gasteiger partial charge on any atom is 0.0932 e. The predicted octanol–water partition coefficient (Wildman–Crippen LogP) is 3.98. The van der Waals surface area contributed by atoms with Crippen molar-refractivity contribution in [2.24, 2.45) is 5.92 Å². The van der Waals surface area contributed by atoms with Gasteiger partial charge in [-0.05, 0) is 30.9 Å². The minimum absolute atomic E-state index is 0.731. The maximum absolute atomic E-state index is 5.78. The topological polar surface area (TPSA) is 38.9 Å². The van der Waals surface area contributed by atoms with Crippen LogP contribution >= 0.6 is 11.3 Å². The number of aromatic nitrogens is 1. The van der Waals surface area contributed by atoms with Gasteiger partial charge in [0.1, 0.15) is 0 Å². The molecule has 0 bridgehead atoms. The largest absolute Gasteiger partial charge is 0.399 e. The van der Waals surface area contributed by atoms with Crippen molar-refractivity contribution in [1.82, 2.24) is 4.98 Å². The summed E-state index contributed by atoms with van der Waals surface area (Å²) < 4.78 is 0. The van der Waals surface area contributed by atoms with Gasteiger partial charge in [0.2, 0.25) is 0 Å². The molecule has 0 amide bonds. The van der Waals surface area contributed by atoms with Crippen LogP contribution < -0.4 is 5.73 Å². The number of hydrogen-bond donors (Lipinski definition) is 1. The molecule has 3 heteroatoms. The van der Waals surface area contributed by atoms with Gasteiger partial charge >= 0.3 is 0 Å². The summed E-state index contributed by atoms with van der Waals surface area (Å²) in [6, 6.07) is 7.90. The summed E-state index contributed by atoms with van der Waals surface area (Å²) in [7, 11) is 0. The first-order valence-corrected chi connectivity index (χ1v) is 6.83. The maximum atomic E-state index is 5.78. The van der Waals surface area contributed by atoms with Crippen LogP contribution in [0, 0.1) is 5.92 Å². The number of aryl methyl sites for hydroxylation is 1. The van der Waals surface area contributed by atoms with E-state index in [9.17, 15) is 0 Å². The minimum Gasteiger partial charge on any atom is -0.399 e. The average Bonchev–Trinajstić information content (AvgIpc) is 2.75. The molecule has 1 aromatic heterocycles. The smallest absolute Gasteiger partial charge is 0.0932 e. The molecule has 0 spiro atoms. The SMILES string of the molecule is CC(C)CCc1nc(-c2cccc(N)c2)cs1. The molecule has 0 unspecified atom stereocenters. The predicted molar refractivity (Wildman–Crippen MR) is 75.1 cm³/mol. The van der Waals surface area contributed by atoms with Crippen molar-refractivity contribution in [2.45, 2.75) is 26.7 Å². The Bertz CT molecular complexity index is 488. The molecule has 0 aliphatic heterocycles. The van der Waals surface area contributed by atoms with E-state index in [1.165, 1.54) is 11.4 Å². The standard InChI is InChI=1S/C14H18N2S/c1-10(2)6-7-14-16-13(9-17-14)11-4-3-5-12(15)8-11/h3-5,8-10H,6-7,15H2,1-2H3. The molecule has 2 aromatic rings. The molecule has 2 nitrogen and oxygen atoms in total. The zero-order chi connectivity index (χ0) is 12.3. The van der Waals surface area contributed by atoms with E-state index in [-0.39, 0.29) is 0 Å². The van der Waals surface area contributed by atoms with Crippen molar-refractivity contribution in [3.05, 3.63) is 34.7 Å². The van der Waals surface area contributed by atoms with E-state index in [0.29, 0.717) is 0 Å². The van der Waals surface area contributed by atoms with Gasteiger partial charge in [-0.25, -0.2) is 4.98 Å². The molecule has 90 valence electrons. The zero-order valence-electron chi connectivity index (χ0n) is 10.3.